The zero-order chi connectivity index (χ0) is 12.5. The molecule has 0 aliphatic carbocycles. The van der Waals surface area contributed by atoms with E-state index in [-0.39, 0.29) is 6.15 Å². The Morgan fingerprint density at radius 1 is 1.29 bits per heavy atom. The first-order valence-corrected chi connectivity index (χ1v) is 4.77. The Morgan fingerprint density at radius 2 is 1.94 bits per heavy atom. The van der Waals surface area contributed by atoms with Crippen molar-refractivity contribution in [1.29, 1.82) is 0 Å². The maximum Gasteiger partial charge on any atom is 0.373 e. The number of aromatic nitrogens is 3. The van der Waals surface area contributed by atoms with E-state index in [2.05, 4.69) is 15.4 Å². The molecule has 0 radical (unpaired) electrons. The standard InChI is InChI=1S/C10H11N3O.CO2/c1-14-10-4-2-8(3-5-10)6-9-7-11-13-12-9;2-1-3/h2-5,7H,6H2,1H3,(H,11,12,13);. The summed E-state index contributed by atoms with van der Waals surface area (Å²) in [7, 11) is 1.66. The number of hydrogen-bond acceptors (Lipinski definition) is 5. The van der Waals surface area contributed by atoms with Crippen LogP contribution in [0, 0.1) is 0 Å². The number of nitrogens with zero attached hydrogens (tertiary/aromatic N) is 2. The molecule has 0 atom stereocenters. The molecule has 0 saturated carbocycles. The smallest absolute Gasteiger partial charge is 0.373 e. The summed E-state index contributed by atoms with van der Waals surface area (Å²) in [6, 6.07) is 7.92. The SMILES string of the molecule is COc1ccc(Cc2cn[nH]n2)cc1.O=C=O. The second kappa shape index (κ2) is 6.92. The fourth-order valence-corrected chi connectivity index (χ4v) is 1.26. The molecule has 0 bridgehead atoms. The number of methoxy groups -OCH3 is 1. The molecule has 1 heterocycles. The average molecular weight is 233 g/mol. The van der Waals surface area contributed by atoms with E-state index in [9.17, 15) is 0 Å². The minimum Gasteiger partial charge on any atom is -0.497 e. The Bertz CT molecular complexity index is 459. The average Bonchev–Trinajstić information content (AvgIpc) is 2.84. The molecule has 1 aromatic carbocycles. The molecule has 1 aromatic heterocycles. The molecule has 1 N–H and O–H groups in total. The second-order valence-corrected chi connectivity index (χ2v) is 3.07. The van der Waals surface area contributed by atoms with Crippen molar-refractivity contribution in [2.45, 2.75) is 6.42 Å². The second-order valence-electron chi connectivity index (χ2n) is 3.07. The van der Waals surface area contributed by atoms with E-state index in [0.29, 0.717) is 0 Å². The van der Waals surface area contributed by atoms with Crippen molar-refractivity contribution < 1.29 is 14.3 Å². The molecular formula is C11H11N3O3. The van der Waals surface area contributed by atoms with Gasteiger partial charge in [0, 0.05) is 6.42 Å². The highest BCUT2D eigenvalue weighted by Gasteiger charge is 1.98. The summed E-state index contributed by atoms with van der Waals surface area (Å²) < 4.78 is 5.07. The van der Waals surface area contributed by atoms with Crippen LogP contribution < -0.4 is 4.74 Å². The van der Waals surface area contributed by atoms with E-state index in [4.69, 9.17) is 14.3 Å². The van der Waals surface area contributed by atoms with Crippen LogP contribution in [0.3, 0.4) is 0 Å². The Kier molecular flexibility index (Phi) is 5.13. The lowest BCUT2D eigenvalue weighted by Crippen LogP contribution is -1.89. The van der Waals surface area contributed by atoms with Gasteiger partial charge < -0.3 is 4.74 Å². The summed E-state index contributed by atoms with van der Waals surface area (Å²) in [5.41, 5.74) is 2.13. The number of aromatic amines is 1. The zero-order valence-corrected chi connectivity index (χ0v) is 9.21. The number of rotatable bonds is 3. The number of carbonyl (C=O) groups excluding carboxylic acids is 2. The van der Waals surface area contributed by atoms with Crippen LogP contribution >= 0.6 is 0 Å². The van der Waals surface area contributed by atoms with Crippen LogP contribution in [-0.2, 0) is 16.0 Å². The van der Waals surface area contributed by atoms with E-state index in [1.165, 1.54) is 5.56 Å². The quantitative estimate of drug-likeness (QED) is 0.848. The van der Waals surface area contributed by atoms with Crippen molar-refractivity contribution in [3.8, 4) is 5.75 Å². The van der Waals surface area contributed by atoms with Crippen LogP contribution in [0.15, 0.2) is 30.5 Å². The van der Waals surface area contributed by atoms with E-state index in [1.54, 1.807) is 13.3 Å². The lowest BCUT2D eigenvalue weighted by atomic mass is 10.1. The summed E-state index contributed by atoms with van der Waals surface area (Å²) in [4.78, 5) is 16.2. The monoisotopic (exact) mass is 233 g/mol. The Morgan fingerprint density at radius 3 is 2.41 bits per heavy atom. The molecule has 88 valence electrons. The van der Waals surface area contributed by atoms with Crippen LogP contribution in [0.1, 0.15) is 11.3 Å². The third kappa shape index (κ3) is 4.27. The van der Waals surface area contributed by atoms with Crippen LogP contribution in [0.25, 0.3) is 0 Å². The van der Waals surface area contributed by atoms with Crippen LogP contribution in [0.2, 0.25) is 0 Å². The Labute approximate surface area is 97.6 Å². The van der Waals surface area contributed by atoms with Gasteiger partial charge in [-0.3, -0.25) is 0 Å². The van der Waals surface area contributed by atoms with Gasteiger partial charge in [0.25, 0.3) is 0 Å². The minimum absolute atomic E-state index is 0.250. The van der Waals surface area contributed by atoms with Crippen molar-refractivity contribution in [2.75, 3.05) is 7.11 Å². The summed E-state index contributed by atoms with van der Waals surface area (Å²) >= 11 is 0. The van der Waals surface area contributed by atoms with Gasteiger partial charge >= 0.3 is 6.15 Å². The number of ether oxygens (including phenoxy) is 1. The third-order valence-electron chi connectivity index (χ3n) is 2.01. The molecule has 0 unspecified atom stereocenters. The van der Waals surface area contributed by atoms with Crippen molar-refractivity contribution in [3.63, 3.8) is 0 Å². The van der Waals surface area contributed by atoms with Crippen LogP contribution in [-0.4, -0.2) is 28.7 Å². The van der Waals surface area contributed by atoms with Gasteiger partial charge in [0.2, 0.25) is 0 Å². The van der Waals surface area contributed by atoms with E-state index < -0.39 is 0 Å². The molecule has 0 spiro atoms. The van der Waals surface area contributed by atoms with Crippen molar-refractivity contribution >= 4 is 6.15 Å². The summed E-state index contributed by atoms with van der Waals surface area (Å²) in [5, 5.41) is 10.3. The summed E-state index contributed by atoms with van der Waals surface area (Å²) in [6.45, 7) is 0. The molecule has 17 heavy (non-hydrogen) atoms. The first kappa shape index (κ1) is 12.6. The van der Waals surface area contributed by atoms with Crippen molar-refractivity contribution in [2.24, 2.45) is 0 Å². The molecule has 0 fully saturated rings. The normalized spacial score (nSPS) is 8.76. The zero-order valence-electron chi connectivity index (χ0n) is 9.21. The number of hydrogen-bond donors (Lipinski definition) is 1. The molecule has 6 nitrogen and oxygen atoms in total. The van der Waals surface area contributed by atoms with Gasteiger partial charge in [0.1, 0.15) is 5.75 Å². The van der Waals surface area contributed by atoms with Gasteiger partial charge in [-0.2, -0.15) is 25.0 Å². The number of nitrogens with one attached hydrogen (secondary N) is 1. The van der Waals surface area contributed by atoms with E-state index in [0.717, 1.165) is 17.9 Å². The number of benzene rings is 1. The van der Waals surface area contributed by atoms with Gasteiger partial charge in [0.15, 0.2) is 0 Å². The molecule has 2 aromatic rings. The van der Waals surface area contributed by atoms with Gasteiger partial charge in [-0.25, -0.2) is 0 Å². The highest BCUT2D eigenvalue weighted by molar-refractivity contribution is 5.29. The Balaban J connectivity index is 0.000000437. The maximum atomic E-state index is 8.12. The minimum atomic E-state index is 0.250. The first-order chi connectivity index (χ1) is 8.30. The third-order valence-corrected chi connectivity index (χ3v) is 2.01. The topological polar surface area (TPSA) is 84.9 Å². The lowest BCUT2D eigenvalue weighted by Gasteiger charge is -2.00. The van der Waals surface area contributed by atoms with Gasteiger partial charge in [-0.05, 0) is 17.7 Å². The molecule has 0 amide bonds. The Hall–Kier alpha value is -2.46. The lowest BCUT2D eigenvalue weighted by molar-refractivity contribution is -0.191. The molecule has 0 aliphatic heterocycles. The molecule has 2 rings (SSSR count). The highest BCUT2D eigenvalue weighted by Crippen LogP contribution is 2.13. The summed E-state index contributed by atoms with van der Waals surface area (Å²) in [6.07, 6.45) is 2.77. The molecule has 0 saturated heterocycles. The molecule has 6 heteroatoms. The van der Waals surface area contributed by atoms with E-state index >= 15 is 0 Å². The number of H-pyrrole nitrogens is 1. The fraction of sp³-hybridized carbons (Fsp3) is 0.182. The van der Waals surface area contributed by atoms with E-state index in [1.807, 2.05) is 24.3 Å². The van der Waals surface area contributed by atoms with Gasteiger partial charge in [0.05, 0.1) is 19.0 Å². The molecular weight excluding hydrogens is 222 g/mol. The van der Waals surface area contributed by atoms with Crippen LogP contribution in [0.5, 0.6) is 5.75 Å². The maximum absolute atomic E-state index is 8.12. The predicted molar refractivity (Wildman–Crippen MR) is 57.2 cm³/mol. The largest absolute Gasteiger partial charge is 0.497 e. The van der Waals surface area contributed by atoms with Gasteiger partial charge in [-0.15, -0.1) is 0 Å². The van der Waals surface area contributed by atoms with Crippen molar-refractivity contribution in [3.05, 3.63) is 41.7 Å². The van der Waals surface area contributed by atoms with Crippen molar-refractivity contribution in [1.82, 2.24) is 15.4 Å². The van der Waals surface area contributed by atoms with Gasteiger partial charge in [-0.1, -0.05) is 12.1 Å². The highest BCUT2D eigenvalue weighted by atomic mass is 16.5. The molecule has 0 aliphatic rings. The predicted octanol–water partition coefficient (Wildman–Crippen LogP) is 0.821. The first-order valence-electron chi connectivity index (χ1n) is 4.77. The fourth-order valence-electron chi connectivity index (χ4n) is 1.26. The van der Waals surface area contributed by atoms with Crippen LogP contribution in [0.4, 0.5) is 0 Å². The summed E-state index contributed by atoms with van der Waals surface area (Å²) in [5.74, 6) is 0.869.